The zero-order valence-corrected chi connectivity index (χ0v) is 12.7. The van der Waals surface area contributed by atoms with Gasteiger partial charge >= 0.3 is 5.97 Å². The van der Waals surface area contributed by atoms with Gasteiger partial charge in [-0.1, -0.05) is 27.4 Å². The number of esters is 1. The summed E-state index contributed by atoms with van der Waals surface area (Å²) >= 11 is 0. The first-order valence-electron chi connectivity index (χ1n) is 6.61. The molecular weight excluding hydrogens is 228 g/mol. The Balaban J connectivity index is 5.20. The van der Waals surface area contributed by atoms with Crippen LogP contribution >= 0.6 is 0 Å². The molecule has 0 saturated carbocycles. The fourth-order valence-corrected chi connectivity index (χ4v) is 2.16. The van der Waals surface area contributed by atoms with Crippen LogP contribution in [0.25, 0.3) is 0 Å². The SMILES string of the molecule is C=C(C)C(=O)OC(CC)(CN(C)C)N(CC)CC. The number of nitrogens with zero attached hydrogens (tertiary/aromatic N) is 2. The third-order valence-electron chi connectivity index (χ3n) is 3.09. The third kappa shape index (κ3) is 4.42. The summed E-state index contributed by atoms with van der Waals surface area (Å²) < 4.78 is 5.75. The first kappa shape index (κ1) is 17.1. The van der Waals surface area contributed by atoms with E-state index in [0.717, 1.165) is 19.5 Å². The Labute approximate surface area is 112 Å². The molecule has 4 heteroatoms. The number of likely N-dealkylation sites (N-methyl/N-ethyl adjacent to an activating group) is 2. The van der Waals surface area contributed by atoms with E-state index in [9.17, 15) is 4.79 Å². The molecule has 0 rings (SSSR count). The second kappa shape index (κ2) is 7.54. The summed E-state index contributed by atoms with van der Waals surface area (Å²) in [5.41, 5.74) is -0.123. The number of hydrogen-bond donors (Lipinski definition) is 0. The molecule has 0 aromatic carbocycles. The van der Waals surface area contributed by atoms with E-state index in [-0.39, 0.29) is 5.97 Å². The lowest BCUT2D eigenvalue weighted by Crippen LogP contribution is -2.57. The highest BCUT2D eigenvalue weighted by atomic mass is 16.6. The maximum Gasteiger partial charge on any atom is 0.334 e. The largest absolute Gasteiger partial charge is 0.439 e. The molecule has 0 aromatic rings. The van der Waals surface area contributed by atoms with Gasteiger partial charge < -0.3 is 9.64 Å². The van der Waals surface area contributed by atoms with Crippen LogP contribution in [0.4, 0.5) is 0 Å². The van der Waals surface area contributed by atoms with Crippen molar-refractivity contribution in [3.05, 3.63) is 12.2 Å². The predicted molar refractivity (Wildman–Crippen MR) is 75.4 cm³/mol. The Morgan fingerprint density at radius 1 is 1.22 bits per heavy atom. The van der Waals surface area contributed by atoms with E-state index in [1.165, 1.54) is 0 Å². The normalized spacial score (nSPS) is 14.7. The smallest absolute Gasteiger partial charge is 0.334 e. The van der Waals surface area contributed by atoms with Gasteiger partial charge in [0, 0.05) is 5.57 Å². The maximum absolute atomic E-state index is 11.9. The zero-order chi connectivity index (χ0) is 14.3. The zero-order valence-electron chi connectivity index (χ0n) is 12.7. The Kier molecular flexibility index (Phi) is 7.18. The van der Waals surface area contributed by atoms with Crippen molar-refractivity contribution in [3.63, 3.8) is 0 Å². The Bertz CT molecular complexity index is 286. The third-order valence-corrected chi connectivity index (χ3v) is 3.09. The quantitative estimate of drug-likeness (QED) is 0.378. The van der Waals surface area contributed by atoms with Crippen molar-refractivity contribution in [1.29, 1.82) is 0 Å². The topological polar surface area (TPSA) is 32.8 Å². The van der Waals surface area contributed by atoms with Crippen LogP contribution in [0.1, 0.15) is 34.1 Å². The van der Waals surface area contributed by atoms with E-state index >= 15 is 0 Å². The second-order valence-electron chi connectivity index (χ2n) is 4.88. The van der Waals surface area contributed by atoms with E-state index in [1.807, 2.05) is 25.9 Å². The number of rotatable bonds is 8. The lowest BCUT2D eigenvalue weighted by atomic mass is 10.1. The molecule has 0 radical (unpaired) electrons. The molecule has 0 N–H and O–H groups in total. The molecule has 4 nitrogen and oxygen atoms in total. The van der Waals surface area contributed by atoms with Gasteiger partial charge in [-0.05, 0) is 40.5 Å². The number of carbonyl (C=O) groups excluding carboxylic acids is 1. The first-order chi connectivity index (χ1) is 8.32. The van der Waals surface area contributed by atoms with Crippen molar-refractivity contribution in [2.75, 3.05) is 33.7 Å². The summed E-state index contributed by atoms with van der Waals surface area (Å²) in [5, 5.41) is 0. The fourth-order valence-electron chi connectivity index (χ4n) is 2.16. The summed E-state index contributed by atoms with van der Waals surface area (Å²) in [6, 6.07) is 0. The molecule has 0 bridgehead atoms. The van der Waals surface area contributed by atoms with Gasteiger partial charge in [-0.25, -0.2) is 4.79 Å². The van der Waals surface area contributed by atoms with Gasteiger partial charge in [0.25, 0.3) is 0 Å². The maximum atomic E-state index is 11.9. The van der Waals surface area contributed by atoms with E-state index in [2.05, 4.69) is 25.3 Å². The minimum Gasteiger partial charge on any atom is -0.439 e. The lowest BCUT2D eigenvalue weighted by molar-refractivity contribution is -0.185. The molecule has 0 saturated heterocycles. The number of carbonyl (C=O) groups is 1. The Morgan fingerprint density at radius 2 is 1.72 bits per heavy atom. The highest BCUT2D eigenvalue weighted by Gasteiger charge is 2.38. The first-order valence-corrected chi connectivity index (χ1v) is 6.61. The monoisotopic (exact) mass is 256 g/mol. The molecule has 106 valence electrons. The molecule has 0 aromatic heterocycles. The minimum atomic E-state index is -0.566. The van der Waals surface area contributed by atoms with Crippen molar-refractivity contribution in [2.45, 2.75) is 39.8 Å². The average Bonchev–Trinajstić information content (AvgIpc) is 2.29. The van der Waals surface area contributed by atoms with E-state index in [0.29, 0.717) is 12.1 Å². The Hall–Kier alpha value is -0.870. The van der Waals surface area contributed by atoms with Crippen LogP contribution in [-0.2, 0) is 9.53 Å². The molecule has 1 unspecified atom stereocenters. The predicted octanol–water partition coefficient (Wildman–Crippen LogP) is 2.12. The highest BCUT2D eigenvalue weighted by molar-refractivity contribution is 5.87. The van der Waals surface area contributed by atoms with Crippen LogP contribution in [0.3, 0.4) is 0 Å². The van der Waals surface area contributed by atoms with Crippen molar-refractivity contribution >= 4 is 5.97 Å². The van der Waals surface area contributed by atoms with Crippen molar-refractivity contribution in [1.82, 2.24) is 9.80 Å². The van der Waals surface area contributed by atoms with Crippen LogP contribution in [0.15, 0.2) is 12.2 Å². The van der Waals surface area contributed by atoms with Gasteiger partial charge in [0.05, 0.1) is 6.54 Å². The van der Waals surface area contributed by atoms with Gasteiger partial charge in [-0.2, -0.15) is 0 Å². The van der Waals surface area contributed by atoms with Gasteiger partial charge in [0.15, 0.2) is 5.72 Å². The summed E-state index contributed by atoms with van der Waals surface area (Å²) in [4.78, 5) is 16.1. The lowest BCUT2D eigenvalue weighted by Gasteiger charge is -2.43. The van der Waals surface area contributed by atoms with E-state index in [4.69, 9.17) is 4.74 Å². The van der Waals surface area contributed by atoms with Gasteiger partial charge in [0.2, 0.25) is 0 Å². The van der Waals surface area contributed by atoms with Crippen molar-refractivity contribution in [2.24, 2.45) is 0 Å². The summed E-state index contributed by atoms with van der Waals surface area (Å²) in [6.07, 6.45) is 0.756. The van der Waals surface area contributed by atoms with Crippen molar-refractivity contribution in [3.8, 4) is 0 Å². The molecule has 0 aliphatic heterocycles. The number of hydrogen-bond acceptors (Lipinski definition) is 4. The Morgan fingerprint density at radius 3 is 2.00 bits per heavy atom. The van der Waals surface area contributed by atoms with Gasteiger partial charge in [-0.15, -0.1) is 0 Å². The van der Waals surface area contributed by atoms with Gasteiger partial charge in [-0.3, -0.25) is 4.90 Å². The molecule has 0 aliphatic carbocycles. The standard InChI is InChI=1S/C14H28N2O2/c1-8-14(11-15(6)7,16(9-2)10-3)18-13(17)12(4)5/h4,8-11H2,1-3,5-7H3. The molecule has 18 heavy (non-hydrogen) atoms. The number of ether oxygens (including phenoxy) is 1. The van der Waals surface area contributed by atoms with Crippen LogP contribution < -0.4 is 0 Å². The minimum absolute atomic E-state index is 0.314. The fraction of sp³-hybridized carbons (Fsp3) is 0.786. The van der Waals surface area contributed by atoms with Crippen LogP contribution in [0.5, 0.6) is 0 Å². The van der Waals surface area contributed by atoms with Crippen LogP contribution in [0, 0.1) is 0 Å². The van der Waals surface area contributed by atoms with Gasteiger partial charge in [0.1, 0.15) is 0 Å². The van der Waals surface area contributed by atoms with Crippen LogP contribution in [0.2, 0.25) is 0 Å². The van der Waals surface area contributed by atoms with Crippen LogP contribution in [-0.4, -0.2) is 55.2 Å². The molecule has 0 fully saturated rings. The second-order valence-corrected chi connectivity index (χ2v) is 4.88. The molecule has 1 atom stereocenters. The molecule has 0 spiro atoms. The molecule has 0 amide bonds. The summed E-state index contributed by atoms with van der Waals surface area (Å²) in [7, 11) is 3.98. The molecule has 0 heterocycles. The average molecular weight is 256 g/mol. The molecular formula is C14H28N2O2. The molecule has 0 aliphatic rings. The van der Waals surface area contributed by atoms with E-state index < -0.39 is 5.72 Å². The van der Waals surface area contributed by atoms with E-state index in [1.54, 1.807) is 6.92 Å². The highest BCUT2D eigenvalue weighted by Crippen LogP contribution is 2.23. The van der Waals surface area contributed by atoms with Crippen molar-refractivity contribution < 1.29 is 9.53 Å². The summed E-state index contributed by atoms with van der Waals surface area (Å²) in [6.45, 7) is 13.9. The summed E-state index contributed by atoms with van der Waals surface area (Å²) in [5.74, 6) is -0.314.